The molecule has 1 aliphatic rings. The Hall–Kier alpha value is -1.35. The van der Waals surface area contributed by atoms with Crippen LogP contribution >= 0.6 is 0 Å². The molecule has 23 heavy (non-hydrogen) atoms. The van der Waals surface area contributed by atoms with Gasteiger partial charge in [-0.25, -0.2) is 0 Å². The van der Waals surface area contributed by atoms with Gasteiger partial charge < -0.3 is 0 Å². The van der Waals surface area contributed by atoms with E-state index in [4.69, 9.17) is 9.30 Å². The Morgan fingerprint density at radius 2 is 1.22 bits per heavy atom. The van der Waals surface area contributed by atoms with E-state index in [-0.39, 0.29) is 22.5 Å². The molecular formula is C20H25FeO2+. The Morgan fingerprint density at radius 3 is 1.48 bits per heavy atom. The van der Waals surface area contributed by atoms with Crippen LogP contribution in [0, 0.1) is 32.1 Å². The summed E-state index contributed by atoms with van der Waals surface area (Å²) < 4.78 is 15.0. The Morgan fingerprint density at radius 1 is 0.870 bits per heavy atom. The monoisotopic (exact) mass is 353 g/mol. The van der Waals surface area contributed by atoms with E-state index in [2.05, 4.69) is 65.0 Å². The second-order valence-corrected chi connectivity index (χ2v) is 5.90. The van der Waals surface area contributed by atoms with Gasteiger partial charge in [-0.2, -0.15) is 6.92 Å². The molecule has 0 heterocycles. The van der Waals surface area contributed by atoms with Crippen molar-refractivity contribution in [2.45, 2.75) is 58.3 Å². The Bertz CT molecular complexity index is 464. The molecule has 0 aromatic heterocycles. The first kappa shape index (κ1) is 26.5. The standard InChI is InChI=1S/C13H15.C5H10.2CO.Fe/c1-5-6-11-7-9-12(10-8-11)13(2,3)4;1-2-4-5-3-1;2*1-2;/h7-10H,1H2,2-4H3;1-5H2;;;/q-1;;;;+2. The van der Waals surface area contributed by atoms with Gasteiger partial charge in [0.25, 0.3) is 0 Å². The summed E-state index contributed by atoms with van der Waals surface area (Å²) in [5.74, 6) is 5.57. The first-order valence-electron chi connectivity index (χ1n) is 7.33. The number of hydrogen-bond donors (Lipinski definition) is 0. The molecule has 0 aliphatic heterocycles. The van der Waals surface area contributed by atoms with Crippen molar-refractivity contribution >= 4 is 0 Å². The summed E-state index contributed by atoms with van der Waals surface area (Å²) in [4.78, 5) is 0. The molecular weight excluding hydrogens is 328 g/mol. The van der Waals surface area contributed by atoms with E-state index in [0.29, 0.717) is 0 Å². The maximum Gasteiger partial charge on any atom is 2.00 e. The largest absolute Gasteiger partial charge is 2.00 e. The van der Waals surface area contributed by atoms with Gasteiger partial charge in [0.1, 0.15) is 0 Å². The van der Waals surface area contributed by atoms with Gasteiger partial charge in [-0.05, 0) is 11.0 Å². The zero-order chi connectivity index (χ0) is 17.4. The number of rotatable bonds is 0. The van der Waals surface area contributed by atoms with E-state index >= 15 is 0 Å². The van der Waals surface area contributed by atoms with Gasteiger partial charge in [-0.3, -0.25) is 11.8 Å². The summed E-state index contributed by atoms with van der Waals surface area (Å²) in [7, 11) is 0. The van der Waals surface area contributed by atoms with Crippen LogP contribution in [-0.4, -0.2) is 0 Å². The minimum absolute atomic E-state index is 0. The quantitative estimate of drug-likeness (QED) is 0.271. The van der Waals surface area contributed by atoms with Gasteiger partial charge in [-0.15, -0.1) is 0 Å². The van der Waals surface area contributed by atoms with Gasteiger partial charge in [0.2, 0.25) is 0 Å². The zero-order valence-corrected chi connectivity index (χ0v) is 15.3. The maximum atomic E-state index is 7.50. The summed E-state index contributed by atoms with van der Waals surface area (Å²) in [5.41, 5.74) is 2.58. The van der Waals surface area contributed by atoms with Gasteiger partial charge in [-0.1, -0.05) is 82.7 Å². The third-order valence-electron chi connectivity index (χ3n) is 3.23. The summed E-state index contributed by atoms with van der Waals surface area (Å²) >= 11 is 0. The van der Waals surface area contributed by atoms with E-state index in [1.807, 2.05) is 12.1 Å². The molecule has 1 fully saturated rings. The number of benzene rings is 1. The fourth-order valence-corrected chi connectivity index (χ4v) is 2.04. The molecule has 1 aromatic carbocycles. The second-order valence-electron chi connectivity index (χ2n) is 5.90. The zero-order valence-electron chi connectivity index (χ0n) is 14.2. The molecule has 0 atom stereocenters. The van der Waals surface area contributed by atoms with Gasteiger partial charge in [0, 0.05) is 0 Å². The average molecular weight is 353 g/mol. The molecule has 0 unspecified atom stereocenters. The van der Waals surface area contributed by atoms with E-state index in [0.717, 1.165) is 5.56 Å². The first-order valence-corrected chi connectivity index (χ1v) is 7.33. The van der Waals surface area contributed by atoms with Crippen LogP contribution in [0.1, 0.15) is 64.0 Å². The van der Waals surface area contributed by atoms with Crippen LogP contribution in [0.5, 0.6) is 0 Å². The van der Waals surface area contributed by atoms with E-state index in [1.54, 1.807) is 0 Å². The minimum Gasteiger partial charge on any atom is -0.296 e. The molecule has 3 heteroatoms. The Kier molecular flexibility index (Phi) is 19.6. The van der Waals surface area contributed by atoms with Crippen LogP contribution in [-0.2, 0) is 31.8 Å². The van der Waals surface area contributed by atoms with E-state index in [1.165, 1.54) is 37.7 Å². The molecule has 124 valence electrons. The topological polar surface area (TPSA) is 39.8 Å². The van der Waals surface area contributed by atoms with Gasteiger partial charge in [0.05, 0.1) is 0 Å². The van der Waals surface area contributed by atoms with Crippen molar-refractivity contribution in [1.29, 1.82) is 0 Å². The first-order chi connectivity index (χ1) is 10.5. The van der Waals surface area contributed by atoms with Crippen molar-refractivity contribution < 1.29 is 26.4 Å². The molecule has 1 aromatic rings. The third kappa shape index (κ3) is 14.0. The summed E-state index contributed by atoms with van der Waals surface area (Å²) in [6.45, 7) is 19.1. The molecule has 2 rings (SSSR count). The van der Waals surface area contributed by atoms with Crippen LogP contribution in [0.3, 0.4) is 0 Å². The van der Waals surface area contributed by atoms with Crippen LogP contribution in [0.25, 0.3) is 0 Å². The predicted octanol–water partition coefficient (Wildman–Crippen LogP) is 5.04. The number of hydrogen-bond acceptors (Lipinski definition) is 0. The van der Waals surface area contributed by atoms with E-state index in [9.17, 15) is 0 Å². The molecule has 1 saturated carbocycles. The van der Waals surface area contributed by atoms with Crippen LogP contribution in [0.4, 0.5) is 0 Å². The van der Waals surface area contributed by atoms with Crippen LogP contribution < -0.4 is 0 Å². The Balaban J connectivity index is -0.000000335. The van der Waals surface area contributed by atoms with Crippen molar-refractivity contribution in [3.05, 3.63) is 55.6 Å². The van der Waals surface area contributed by atoms with Crippen molar-refractivity contribution in [2.75, 3.05) is 0 Å². The normalized spacial score (nSPS) is 11.3. The molecule has 0 N–H and O–H groups in total. The second kappa shape index (κ2) is 17.0. The average Bonchev–Trinajstić information content (AvgIpc) is 3.11. The Labute approximate surface area is 152 Å². The van der Waals surface area contributed by atoms with Crippen molar-refractivity contribution in [1.82, 2.24) is 0 Å². The minimum atomic E-state index is 0. The maximum absolute atomic E-state index is 7.50. The van der Waals surface area contributed by atoms with E-state index < -0.39 is 0 Å². The summed E-state index contributed by atoms with van der Waals surface area (Å²) in [6.07, 6.45) is 7.50. The molecule has 2 nitrogen and oxygen atoms in total. The molecule has 0 radical (unpaired) electrons. The fourth-order valence-electron chi connectivity index (χ4n) is 2.04. The molecule has 1 aliphatic carbocycles. The summed E-state index contributed by atoms with van der Waals surface area (Å²) in [5, 5.41) is 0. The fraction of sp³-hybridized carbons (Fsp3) is 0.450. The molecule has 0 saturated heterocycles. The van der Waals surface area contributed by atoms with Crippen molar-refractivity contribution in [3.8, 4) is 11.8 Å². The van der Waals surface area contributed by atoms with Crippen LogP contribution in [0.15, 0.2) is 24.3 Å². The van der Waals surface area contributed by atoms with Crippen LogP contribution in [0.2, 0.25) is 0 Å². The van der Waals surface area contributed by atoms with Gasteiger partial charge in [0.15, 0.2) is 0 Å². The third-order valence-corrected chi connectivity index (χ3v) is 3.23. The van der Waals surface area contributed by atoms with Crippen molar-refractivity contribution in [2.24, 2.45) is 0 Å². The SMILES string of the molecule is C1CCCC1.[C-]#[O+].[C-]#[O+].[CH2-]C#Cc1ccc(C(C)(C)C)cc1.[Fe+2]. The van der Waals surface area contributed by atoms with Crippen molar-refractivity contribution in [3.63, 3.8) is 0 Å². The molecule has 0 bridgehead atoms. The van der Waals surface area contributed by atoms with Gasteiger partial charge >= 0.3 is 39.7 Å². The predicted molar refractivity (Wildman–Crippen MR) is 88.3 cm³/mol. The molecule has 0 amide bonds. The summed E-state index contributed by atoms with van der Waals surface area (Å²) in [6, 6.07) is 8.33. The molecule has 0 spiro atoms. The smallest absolute Gasteiger partial charge is 0.296 e.